The molecular formula is C19H21N3O6. The molecule has 3 rings (SSSR count). The monoisotopic (exact) mass is 387 g/mol. The number of nitrogens with one attached hydrogen (secondary N) is 1. The summed E-state index contributed by atoms with van der Waals surface area (Å²) in [6.45, 7) is 3.44. The van der Waals surface area contributed by atoms with Crippen molar-refractivity contribution in [2.24, 2.45) is 0 Å². The molecule has 0 aliphatic carbocycles. The summed E-state index contributed by atoms with van der Waals surface area (Å²) in [5.74, 6) is -2.97. The third kappa shape index (κ3) is 3.40. The minimum Gasteiger partial charge on any atom is -0.443 e. The maximum atomic E-state index is 12.8. The molecule has 0 radical (unpaired) electrons. The number of carbonyl (C=O) groups excluding carboxylic acids is 5. The van der Waals surface area contributed by atoms with Gasteiger partial charge in [-0.05, 0) is 32.0 Å². The highest BCUT2D eigenvalue weighted by molar-refractivity contribution is 6.23. The highest BCUT2D eigenvalue weighted by Gasteiger charge is 2.47. The zero-order valence-electron chi connectivity index (χ0n) is 15.6. The average Bonchev–Trinajstić information content (AvgIpc) is 2.93. The Morgan fingerprint density at radius 2 is 1.79 bits per heavy atom. The molecule has 0 aromatic heterocycles. The Kier molecular flexibility index (Phi) is 5.55. The predicted octanol–water partition coefficient (Wildman–Crippen LogP) is 0.299. The van der Waals surface area contributed by atoms with Gasteiger partial charge in [-0.3, -0.25) is 28.9 Å². The summed E-state index contributed by atoms with van der Waals surface area (Å²) < 4.78 is 5.06. The lowest BCUT2D eigenvalue weighted by molar-refractivity contribution is -0.164. The molecular weight excluding hydrogens is 366 g/mol. The lowest BCUT2D eigenvalue weighted by atomic mass is 10.0. The van der Waals surface area contributed by atoms with Crippen LogP contribution in [0.2, 0.25) is 0 Å². The zero-order chi connectivity index (χ0) is 20.4. The van der Waals surface area contributed by atoms with Gasteiger partial charge in [0.2, 0.25) is 5.91 Å². The zero-order valence-corrected chi connectivity index (χ0v) is 15.6. The molecule has 2 heterocycles. The molecule has 2 atom stereocenters. The Balaban J connectivity index is 1.74. The molecule has 148 valence electrons. The Labute approximate surface area is 161 Å². The molecule has 2 aliphatic heterocycles. The van der Waals surface area contributed by atoms with Crippen molar-refractivity contribution in [3.8, 4) is 0 Å². The van der Waals surface area contributed by atoms with Gasteiger partial charge in [-0.2, -0.15) is 0 Å². The van der Waals surface area contributed by atoms with Crippen molar-refractivity contribution in [3.63, 3.8) is 0 Å². The number of benzene rings is 1. The third-order valence-corrected chi connectivity index (χ3v) is 4.82. The third-order valence-electron chi connectivity index (χ3n) is 4.82. The summed E-state index contributed by atoms with van der Waals surface area (Å²) in [7, 11) is 0. The first-order chi connectivity index (χ1) is 13.4. The number of likely N-dealkylation sites (tertiary alicyclic amines) is 1. The normalized spacial score (nSPS) is 20.4. The molecule has 28 heavy (non-hydrogen) atoms. The maximum Gasteiger partial charge on any atom is 0.324 e. The van der Waals surface area contributed by atoms with E-state index in [1.807, 2.05) is 6.92 Å². The number of hydrogen-bond donors (Lipinski definition) is 1. The second-order valence-corrected chi connectivity index (χ2v) is 6.61. The molecule has 4 amide bonds. The summed E-state index contributed by atoms with van der Waals surface area (Å²) in [4.78, 5) is 63.8. The van der Waals surface area contributed by atoms with Gasteiger partial charge in [0.15, 0.2) is 6.73 Å². The number of likely N-dealkylation sites (N-methyl/N-ethyl adjacent to an activating group) is 1. The highest BCUT2D eigenvalue weighted by Crippen LogP contribution is 2.28. The first kappa shape index (κ1) is 19.7. The van der Waals surface area contributed by atoms with E-state index in [0.717, 1.165) is 9.80 Å². The van der Waals surface area contributed by atoms with E-state index >= 15 is 0 Å². The van der Waals surface area contributed by atoms with Crippen LogP contribution in [0.4, 0.5) is 0 Å². The number of piperidine rings is 1. The van der Waals surface area contributed by atoms with Gasteiger partial charge in [-0.1, -0.05) is 19.1 Å². The van der Waals surface area contributed by atoms with Gasteiger partial charge in [-0.15, -0.1) is 0 Å². The molecule has 0 bridgehead atoms. The second kappa shape index (κ2) is 7.89. The molecule has 2 aliphatic rings. The Bertz CT molecular complexity index is 817. The van der Waals surface area contributed by atoms with E-state index in [2.05, 4.69) is 5.32 Å². The first-order valence-corrected chi connectivity index (χ1v) is 9.08. The number of rotatable bonds is 6. The number of esters is 1. The van der Waals surface area contributed by atoms with Crippen molar-refractivity contribution in [1.29, 1.82) is 0 Å². The summed E-state index contributed by atoms with van der Waals surface area (Å²) >= 11 is 0. The lowest BCUT2D eigenvalue weighted by Crippen LogP contribution is -2.56. The lowest BCUT2D eigenvalue weighted by Gasteiger charge is -2.34. The number of carbonyl (C=O) groups is 5. The van der Waals surface area contributed by atoms with Crippen LogP contribution in [-0.2, 0) is 19.1 Å². The minimum absolute atomic E-state index is 0.0376. The van der Waals surface area contributed by atoms with Crippen LogP contribution in [-0.4, -0.2) is 64.8 Å². The summed E-state index contributed by atoms with van der Waals surface area (Å²) in [6, 6.07) is 4.63. The van der Waals surface area contributed by atoms with Crippen molar-refractivity contribution in [2.75, 3.05) is 13.3 Å². The van der Waals surface area contributed by atoms with Crippen molar-refractivity contribution >= 4 is 29.6 Å². The number of ether oxygens (including phenoxy) is 1. The van der Waals surface area contributed by atoms with Gasteiger partial charge in [0.05, 0.1) is 11.1 Å². The minimum atomic E-state index is -1.10. The van der Waals surface area contributed by atoms with Crippen LogP contribution in [0.5, 0.6) is 0 Å². The van der Waals surface area contributed by atoms with Crippen LogP contribution >= 0.6 is 0 Å². The topological polar surface area (TPSA) is 113 Å². The van der Waals surface area contributed by atoms with Gasteiger partial charge < -0.3 is 10.1 Å². The number of nitrogens with zero attached hydrogens (tertiary/aromatic N) is 2. The predicted molar refractivity (Wildman–Crippen MR) is 95.9 cm³/mol. The SMILES string of the molecule is CCNC(C)C(=O)OCN1C(=O)CCC(N2C(=O)c3ccccc3C2=O)C1=O. The van der Waals surface area contributed by atoms with E-state index in [9.17, 15) is 24.0 Å². The number of hydrogen-bond acceptors (Lipinski definition) is 7. The van der Waals surface area contributed by atoms with Gasteiger partial charge in [0.25, 0.3) is 17.7 Å². The summed E-state index contributed by atoms with van der Waals surface area (Å²) in [5, 5.41) is 2.87. The molecule has 1 aromatic rings. The van der Waals surface area contributed by atoms with Crippen LogP contribution in [0, 0.1) is 0 Å². The van der Waals surface area contributed by atoms with Crippen LogP contribution in [0.1, 0.15) is 47.4 Å². The maximum absolute atomic E-state index is 12.8. The van der Waals surface area contributed by atoms with E-state index in [-0.39, 0.29) is 24.0 Å². The summed E-state index contributed by atoms with van der Waals surface area (Å²) in [5.41, 5.74) is 0.462. The fraction of sp³-hybridized carbons (Fsp3) is 0.421. The van der Waals surface area contributed by atoms with Crippen LogP contribution < -0.4 is 5.32 Å². The fourth-order valence-electron chi connectivity index (χ4n) is 3.33. The van der Waals surface area contributed by atoms with Crippen molar-refractivity contribution in [3.05, 3.63) is 35.4 Å². The first-order valence-electron chi connectivity index (χ1n) is 9.08. The molecule has 1 N–H and O–H groups in total. The molecule has 1 fully saturated rings. The van der Waals surface area contributed by atoms with E-state index in [4.69, 9.17) is 4.74 Å². The molecule has 0 saturated carbocycles. The van der Waals surface area contributed by atoms with Crippen LogP contribution in [0.15, 0.2) is 24.3 Å². The quantitative estimate of drug-likeness (QED) is 0.552. The van der Waals surface area contributed by atoms with Crippen LogP contribution in [0.25, 0.3) is 0 Å². The number of imide groups is 2. The molecule has 9 nitrogen and oxygen atoms in total. The molecule has 2 unspecified atom stereocenters. The van der Waals surface area contributed by atoms with Gasteiger partial charge >= 0.3 is 5.97 Å². The fourth-order valence-corrected chi connectivity index (χ4v) is 3.33. The Morgan fingerprint density at radius 3 is 2.36 bits per heavy atom. The highest BCUT2D eigenvalue weighted by atomic mass is 16.5. The van der Waals surface area contributed by atoms with E-state index in [1.54, 1.807) is 19.1 Å². The van der Waals surface area contributed by atoms with Gasteiger partial charge in [0.1, 0.15) is 12.1 Å². The Hall–Kier alpha value is -3.07. The van der Waals surface area contributed by atoms with Gasteiger partial charge in [-0.25, -0.2) is 4.90 Å². The van der Waals surface area contributed by atoms with Crippen molar-refractivity contribution in [2.45, 2.75) is 38.8 Å². The molecule has 0 spiro atoms. The number of fused-ring (bicyclic) bond motifs is 1. The van der Waals surface area contributed by atoms with E-state index in [1.165, 1.54) is 12.1 Å². The average molecular weight is 387 g/mol. The molecule has 1 saturated heterocycles. The second-order valence-electron chi connectivity index (χ2n) is 6.61. The molecule has 1 aromatic carbocycles. The Morgan fingerprint density at radius 1 is 1.18 bits per heavy atom. The van der Waals surface area contributed by atoms with E-state index < -0.39 is 48.4 Å². The largest absolute Gasteiger partial charge is 0.443 e. The van der Waals surface area contributed by atoms with Gasteiger partial charge in [0, 0.05) is 6.42 Å². The number of amides is 4. The summed E-state index contributed by atoms with van der Waals surface area (Å²) in [6.07, 6.45) is 0.00546. The van der Waals surface area contributed by atoms with Crippen LogP contribution in [0.3, 0.4) is 0 Å². The molecule has 9 heteroatoms. The smallest absolute Gasteiger partial charge is 0.324 e. The van der Waals surface area contributed by atoms with Crippen molar-refractivity contribution < 1.29 is 28.7 Å². The van der Waals surface area contributed by atoms with Crippen molar-refractivity contribution in [1.82, 2.24) is 15.1 Å². The standard InChI is InChI=1S/C19H21N3O6/c1-3-20-11(2)19(27)28-10-21-15(23)9-8-14(18(21)26)22-16(24)12-6-4-5-7-13(12)17(22)25/h4-7,11,14,20H,3,8-10H2,1-2H3. The van der Waals surface area contributed by atoms with E-state index in [0.29, 0.717) is 6.54 Å².